The van der Waals surface area contributed by atoms with Crippen LogP contribution in [0.15, 0.2) is 24.3 Å². The van der Waals surface area contributed by atoms with Crippen molar-refractivity contribution in [3.05, 3.63) is 29.8 Å². The fraction of sp³-hybridized carbons (Fsp3) is 0.562. The van der Waals surface area contributed by atoms with Gasteiger partial charge in [0.15, 0.2) is 0 Å². The van der Waals surface area contributed by atoms with Gasteiger partial charge in [0.05, 0.1) is 0 Å². The van der Waals surface area contributed by atoms with Gasteiger partial charge in [-0.1, -0.05) is 45.9 Å². The first-order valence-corrected chi connectivity index (χ1v) is 7.01. The number of rotatable bonds is 5. The molecular weight excluding hydrogens is 236 g/mol. The summed E-state index contributed by atoms with van der Waals surface area (Å²) in [5, 5.41) is 3.01. The van der Waals surface area contributed by atoms with Gasteiger partial charge in [0.2, 0.25) is 0 Å². The summed E-state index contributed by atoms with van der Waals surface area (Å²) in [4.78, 5) is 14.3. The van der Waals surface area contributed by atoms with Crippen molar-refractivity contribution >= 4 is 11.7 Å². The second kappa shape index (κ2) is 7.17. The van der Waals surface area contributed by atoms with Crippen LogP contribution in [0, 0.1) is 18.8 Å². The Bertz CT molecular complexity index is 403. The summed E-state index contributed by atoms with van der Waals surface area (Å²) < 4.78 is 0. The van der Waals surface area contributed by atoms with Gasteiger partial charge in [-0.05, 0) is 30.4 Å². The molecule has 0 bridgehead atoms. The molecule has 1 aromatic carbocycles. The Morgan fingerprint density at radius 1 is 1.11 bits per heavy atom. The average Bonchev–Trinajstić information content (AvgIpc) is 2.30. The Balaban J connectivity index is 2.74. The van der Waals surface area contributed by atoms with Gasteiger partial charge in [-0.2, -0.15) is 0 Å². The van der Waals surface area contributed by atoms with Crippen LogP contribution in [-0.2, 0) is 0 Å². The van der Waals surface area contributed by atoms with Gasteiger partial charge < -0.3 is 10.2 Å². The molecule has 0 atom stereocenters. The standard InChI is InChI=1S/C16H26N2O/c1-12(2)10-18(11-13(3)4)16(19)17-15-9-7-6-8-14(15)5/h6-9,12-13H,10-11H2,1-5H3,(H,17,19). The molecule has 1 aromatic rings. The van der Waals surface area contributed by atoms with Crippen LogP contribution in [0.5, 0.6) is 0 Å². The molecule has 0 radical (unpaired) electrons. The van der Waals surface area contributed by atoms with Gasteiger partial charge in [-0.3, -0.25) is 0 Å². The zero-order valence-electron chi connectivity index (χ0n) is 12.7. The summed E-state index contributed by atoms with van der Waals surface area (Å²) in [5.41, 5.74) is 1.98. The molecule has 0 spiro atoms. The van der Waals surface area contributed by atoms with E-state index in [1.54, 1.807) is 0 Å². The van der Waals surface area contributed by atoms with E-state index >= 15 is 0 Å². The van der Waals surface area contributed by atoms with E-state index in [0.29, 0.717) is 11.8 Å². The highest BCUT2D eigenvalue weighted by molar-refractivity contribution is 5.90. The van der Waals surface area contributed by atoms with Crippen LogP contribution in [0.4, 0.5) is 10.5 Å². The smallest absolute Gasteiger partial charge is 0.321 e. The van der Waals surface area contributed by atoms with Crippen LogP contribution >= 0.6 is 0 Å². The number of anilines is 1. The predicted molar refractivity (Wildman–Crippen MR) is 81.4 cm³/mol. The lowest BCUT2D eigenvalue weighted by Crippen LogP contribution is -2.40. The molecule has 0 aliphatic carbocycles. The Labute approximate surface area is 117 Å². The van der Waals surface area contributed by atoms with Crippen molar-refractivity contribution in [2.75, 3.05) is 18.4 Å². The van der Waals surface area contributed by atoms with Crippen molar-refractivity contribution in [1.82, 2.24) is 4.90 Å². The number of para-hydroxylation sites is 1. The molecule has 0 saturated heterocycles. The third kappa shape index (κ3) is 5.33. The molecule has 0 unspecified atom stereocenters. The fourth-order valence-electron chi connectivity index (χ4n) is 2.03. The number of urea groups is 1. The van der Waals surface area contributed by atoms with Gasteiger partial charge in [0, 0.05) is 18.8 Å². The Kier molecular flexibility index (Phi) is 5.87. The Morgan fingerprint density at radius 3 is 2.11 bits per heavy atom. The lowest BCUT2D eigenvalue weighted by Gasteiger charge is -2.27. The quantitative estimate of drug-likeness (QED) is 0.849. The molecule has 19 heavy (non-hydrogen) atoms. The molecule has 0 aliphatic heterocycles. The molecule has 0 fully saturated rings. The van der Waals surface area contributed by atoms with Gasteiger partial charge in [0.25, 0.3) is 0 Å². The maximum atomic E-state index is 12.4. The summed E-state index contributed by atoms with van der Waals surface area (Å²) in [6.07, 6.45) is 0. The van der Waals surface area contributed by atoms with E-state index in [2.05, 4.69) is 33.0 Å². The van der Waals surface area contributed by atoms with E-state index in [9.17, 15) is 4.79 Å². The first-order chi connectivity index (χ1) is 8.90. The van der Waals surface area contributed by atoms with Crippen LogP contribution in [-0.4, -0.2) is 24.0 Å². The number of benzene rings is 1. The van der Waals surface area contributed by atoms with E-state index in [0.717, 1.165) is 24.3 Å². The summed E-state index contributed by atoms with van der Waals surface area (Å²) in [5.74, 6) is 0.947. The largest absolute Gasteiger partial charge is 0.324 e. The highest BCUT2D eigenvalue weighted by Crippen LogP contribution is 2.15. The highest BCUT2D eigenvalue weighted by Gasteiger charge is 2.16. The molecule has 106 valence electrons. The van der Waals surface area contributed by atoms with E-state index in [4.69, 9.17) is 0 Å². The number of nitrogens with one attached hydrogen (secondary N) is 1. The van der Waals surface area contributed by atoms with Crippen molar-refractivity contribution < 1.29 is 4.79 Å². The predicted octanol–water partition coefficient (Wildman–Crippen LogP) is 4.14. The van der Waals surface area contributed by atoms with E-state index in [-0.39, 0.29) is 6.03 Å². The minimum absolute atomic E-state index is 0.00306. The summed E-state index contributed by atoms with van der Waals surface area (Å²) in [6, 6.07) is 7.86. The SMILES string of the molecule is Cc1ccccc1NC(=O)N(CC(C)C)CC(C)C. The number of amides is 2. The molecule has 1 N–H and O–H groups in total. The van der Waals surface area contributed by atoms with Crippen LogP contribution in [0.25, 0.3) is 0 Å². The van der Waals surface area contributed by atoms with Crippen molar-refractivity contribution in [2.45, 2.75) is 34.6 Å². The third-order valence-corrected chi connectivity index (χ3v) is 2.84. The Morgan fingerprint density at radius 2 is 1.63 bits per heavy atom. The van der Waals surface area contributed by atoms with E-state index < -0.39 is 0 Å². The molecule has 0 heterocycles. The topological polar surface area (TPSA) is 32.3 Å². The van der Waals surface area contributed by atoms with Crippen molar-refractivity contribution in [1.29, 1.82) is 0 Å². The van der Waals surface area contributed by atoms with Crippen LogP contribution in [0.2, 0.25) is 0 Å². The second-order valence-corrected chi connectivity index (χ2v) is 5.94. The van der Waals surface area contributed by atoms with Gasteiger partial charge in [-0.15, -0.1) is 0 Å². The summed E-state index contributed by atoms with van der Waals surface area (Å²) in [7, 11) is 0. The number of nitrogens with zero attached hydrogens (tertiary/aromatic N) is 1. The lowest BCUT2D eigenvalue weighted by atomic mass is 10.1. The minimum atomic E-state index is -0.00306. The number of carbonyl (C=O) groups is 1. The number of carbonyl (C=O) groups excluding carboxylic acids is 1. The van der Waals surface area contributed by atoms with Crippen molar-refractivity contribution in [2.24, 2.45) is 11.8 Å². The van der Waals surface area contributed by atoms with Crippen LogP contribution in [0.1, 0.15) is 33.3 Å². The summed E-state index contributed by atoms with van der Waals surface area (Å²) in [6.45, 7) is 12.1. The first-order valence-electron chi connectivity index (χ1n) is 7.01. The maximum absolute atomic E-state index is 12.4. The normalized spacial score (nSPS) is 10.9. The number of hydrogen-bond acceptors (Lipinski definition) is 1. The molecule has 3 nitrogen and oxygen atoms in total. The molecular formula is C16H26N2O. The molecule has 0 saturated carbocycles. The number of hydrogen-bond donors (Lipinski definition) is 1. The van der Waals surface area contributed by atoms with Crippen LogP contribution in [0.3, 0.4) is 0 Å². The van der Waals surface area contributed by atoms with E-state index in [1.807, 2.05) is 36.1 Å². The zero-order valence-corrected chi connectivity index (χ0v) is 12.7. The van der Waals surface area contributed by atoms with Crippen LogP contribution < -0.4 is 5.32 Å². The molecule has 3 heteroatoms. The number of aryl methyl sites for hydroxylation is 1. The average molecular weight is 262 g/mol. The van der Waals surface area contributed by atoms with Crippen molar-refractivity contribution in [3.8, 4) is 0 Å². The second-order valence-electron chi connectivity index (χ2n) is 5.94. The first kappa shape index (κ1) is 15.5. The third-order valence-electron chi connectivity index (χ3n) is 2.84. The molecule has 0 aliphatic rings. The molecule has 1 rings (SSSR count). The molecule has 0 aromatic heterocycles. The van der Waals surface area contributed by atoms with Gasteiger partial charge in [-0.25, -0.2) is 4.79 Å². The monoisotopic (exact) mass is 262 g/mol. The highest BCUT2D eigenvalue weighted by atomic mass is 16.2. The lowest BCUT2D eigenvalue weighted by molar-refractivity contribution is 0.196. The molecule has 2 amide bonds. The van der Waals surface area contributed by atoms with Gasteiger partial charge in [0.1, 0.15) is 0 Å². The van der Waals surface area contributed by atoms with E-state index in [1.165, 1.54) is 0 Å². The van der Waals surface area contributed by atoms with Gasteiger partial charge >= 0.3 is 6.03 Å². The maximum Gasteiger partial charge on any atom is 0.321 e. The fourth-order valence-corrected chi connectivity index (χ4v) is 2.03. The zero-order chi connectivity index (χ0) is 14.4. The van der Waals surface area contributed by atoms with Crippen molar-refractivity contribution in [3.63, 3.8) is 0 Å². The minimum Gasteiger partial charge on any atom is -0.324 e. The summed E-state index contributed by atoms with van der Waals surface area (Å²) >= 11 is 0. The Hall–Kier alpha value is -1.51.